The molecule has 1 saturated heterocycles. The summed E-state index contributed by atoms with van der Waals surface area (Å²) in [6.45, 7) is 3.19. The Hall–Kier alpha value is -2.37. The minimum Gasteiger partial charge on any atom is -0.337 e. The fourth-order valence-electron chi connectivity index (χ4n) is 3.22. The zero-order valence-electron chi connectivity index (χ0n) is 15.6. The number of fused-ring (bicyclic) bond motifs is 1. The first-order chi connectivity index (χ1) is 13.4. The highest BCUT2D eigenvalue weighted by molar-refractivity contribution is 7.89. The van der Waals surface area contributed by atoms with Crippen LogP contribution in [-0.2, 0) is 17.1 Å². The number of rotatable bonds is 3. The zero-order valence-corrected chi connectivity index (χ0v) is 17.2. The van der Waals surface area contributed by atoms with Crippen LogP contribution in [0.5, 0.6) is 0 Å². The van der Waals surface area contributed by atoms with Crippen LogP contribution in [0.2, 0.25) is 0 Å². The van der Waals surface area contributed by atoms with Crippen molar-refractivity contribution in [1.29, 1.82) is 0 Å². The smallest absolute Gasteiger partial charge is 0.262 e. The molecule has 0 saturated carbocycles. The average molecular weight is 421 g/mol. The van der Waals surface area contributed by atoms with Crippen molar-refractivity contribution in [3.63, 3.8) is 0 Å². The Balaban J connectivity index is 1.50. The van der Waals surface area contributed by atoms with Gasteiger partial charge in [0.05, 0.1) is 11.7 Å². The highest BCUT2D eigenvalue weighted by atomic mass is 32.2. The molecule has 0 atom stereocenters. The maximum absolute atomic E-state index is 12.9. The van der Waals surface area contributed by atoms with Crippen LogP contribution in [-0.4, -0.2) is 68.0 Å². The molecule has 0 aliphatic carbocycles. The van der Waals surface area contributed by atoms with Gasteiger partial charge in [-0.15, -0.1) is 0 Å². The Morgan fingerprint density at radius 1 is 1.11 bits per heavy atom. The van der Waals surface area contributed by atoms with Crippen molar-refractivity contribution < 1.29 is 13.2 Å². The van der Waals surface area contributed by atoms with Crippen LogP contribution in [0.1, 0.15) is 22.6 Å². The molecule has 1 aliphatic rings. The molecule has 1 fully saturated rings. The summed E-state index contributed by atoms with van der Waals surface area (Å²) < 4.78 is 37.2. The number of carbonyl (C=O) groups excluding carboxylic acids is 1. The summed E-state index contributed by atoms with van der Waals surface area (Å²) in [5.41, 5.74) is 2.00. The number of aromatic nitrogens is 4. The summed E-state index contributed by atoms with van der Waals surface area (Å²) in [5.74, 6) is 0.514. The third-order valence-electron chi connectivity index (χ3n) is 4.93. The van der Waals surface area contributed by atoms with Crippen LogP contribution in [0.3, 0.4) is 0 Å². The fourth-order valence-corrected chi connectivity index (χ4v) is 5.23. The van der Waals surface area contributed by atoms with Crippen LogP contribution >= 0.6 is 11.7 Å². The molecule has 3 heterocycles. The molecule has 0 radical (unpaired) electrons. The molecule has 148 valence electrons. The predicted octanol–water partition coefficient (Wildman–Crippen LogP) is 1.27. The van der Waals surface area contributed by atoms with E-state index in [1.165, 1.54) is 10.5 Å². The van der Waals surface area contributed by atoms with E-state index in [1.807, 2.05) is 0 Å². The predicted molar refractivity (Wildman–Crippen MR) is 105 cm³/mol. The number of benzene rings is 1. The summed E-state index contributed by atoms with van der Waals surface area (Å²) in [6.07, 6.45) is 2.09. The largest absolute Gasteiger partial charge is 0.337 e. The van der Waals surface area contributed by atoms with Crippen molar-refractivity contribution in [1.82, 2.24) is 27.5 Å². The topological polar surface area (TPSA) is 101 Å². The number of aryl methyl sites for hydroxylation is 2. The quantitative estimate of drug-likeness (QED) is 0.632. The molecule has 0 bridgehead atoms. The van der Waals surface area contributed by atoms with Crippen LogP contribution in [0.4, 0.5) is 0 Å². The SMILES string of the molecule is Cc1nc(S(=O)(=O)N2CCCN(C(=O)c3ccc4nsnc4c3)CC2)cn1C. The normalized spacial score (nSPS) is 16.4. The molecule has 1 aliphatic heterocycles. The van der Waals surface area contributed by atoms with Crippen molar-refractivity contribution in [2.45, 2.75) is 18.4 Å². The van der Waals surface area contributed by atoms with E-state index in [0.29, 0.717) is 43.0 Å². The number of hydrogen-bond acceptors (Lipinski definition) is 7. The first-order valence-electron chi connectivity index (χ1n) is 8.88. The lowest BCUT2D eigenvalue weighted by atomic mass is 10.1. The van der Waals surface area contributed by atoms with Crippen LogP contribution < -0.4 is 0 Å². The van der Waals surface area contributed by atoms with E-state index in [2.05, 4.69) is 13.7 Å². The molecule has 1 aromatic carbocycles. The Kier molecular flexibility index (Phi) is 4.89. The molecular weight excluding hydrogens is 400 g/mol. The second kappa shape index (κ2) is 7.22. The summed E-state index contributed by atoms with van der Waals surface area (Å²) in [7, 11) is -1.91. The maximum Gasteiger partial charge on any atom is 0.262 e. The van der Waals surface area contributed by atoms with Crippen molar-refractivity contribution in [2.24, 2.45) is 7.05 Å². The molecule has 9 nitrogen and oxygen atoms in total. The van der Waals surface area contributed by atoms with Gasteiger partial charge in [0.25, 0.3) is 15.9 Å². The first-order valence-corrected chi connectivity index (χ1v) is 11.0. The summed E-state index contributed by atoms with van der Waals surface area (Å²) in [6, 6.07) is 5.25. The van der Waals surface area contributed by atoms with E-state index >= 15 is 0 Å². The number of nitrogens with zero attached hydrogens (tertiary/aromatic N) is 6. The van der Waals surface area contributed by atoms with Gasteiger partial charge in [0.2, 0.25) is 0 Å². The van der Waals surface area contributed by atoms with Crippen molar-refractivity contribution in [3.8, 4) is 0 Å². The van der Waals surface area contributed by atoms with Gasteiger partial charge in [-0.25, -0.2) is 13.4 Å². The molecule has 1 amide bonds. The van der Waals surface area contributed by atoms with Gasteiger partial charge in [-0.2, -0.15) is 13.1 Å². The average Bonchev–Trinajstić information content (AvgIpc) is 3.18. The Morgan fingerprint density at radius 3 is 2.64 bits per heavy atom. The Morgan fingerprint density at radius 2 is 1.89 bits per heavy atom. The number of hydrogen-bond donors (Lipinski definition) is 0. The molecule has 0 N–H and O–H groups in total. The first kappa shape index (κ1) is 19.0. The highest BCUT2D eigenvalue weighted by Gasteiger charge is 2.30. The van der Waals surface area contributed by atoms with Gasteiger partial charge >= 0.3 is 0 Å². The standard InChI is InChI=1S/C17H20N6O3S2/c1-12-18-16(11-21(12)2)28(25,26)23-7-3-6-22(8-9-23)17(24)13-4-5-14-15(10-13)20-27-19-14/h4-5,10-11H,3,6-9H2,1-2H3. The number of amides is 1. The van der Waals surface area contributed by atoms with Crippen LogP contribution in [0.25, 0.3) is 11.0 Å². The molecule has 4 rings (SSSR count). The molecule has 0 spiro atoms. The summed E-state index contributed by atoms with van der Waals surface area (Å²) >= 11 is 1.11. The highest BCUT2D eigenvalue weighted by Crippen LogP contribution is 2.19. The van der Waals surface area contributed by atoms with Gasteiger partial charge in [0.1, 0.15) is 16.9 Å². The second-order valence-electron chi connectivity index (χ2n) is 6.75. The van der Waals surface area contributed by atoms with E-state index in [-0.39, 0.29) is 17.5 Å². The van der Waals surface area contributed by atoms with Gasteiger partial charge in [0, 0.05) is 45.0 Å². The number of sulfonamides is 1. The molecule has 11 heteroatoms. The lowest BCUT2D eigenvalue weighted by Crippen LogP contribution is -2.37. The van der Waals surface area contributed by atoms with E-state index in [9.17, 15) is 13.2 Å². The summed E-state index contributed by atoms with van der Waals surface area (Å²) in [4.78, 5) is 18.7. The third-order valence-corrected chi connectivity index (χ3v) is 7.26. The van der Waals surface area contributed by atoms with Crippen LogP contribution in [0.15, 0.2) is 29.4 Å². The van der Waals surface area contributed by atoms with E-state index in [0.717, 1.165) is 17.2 Å². The van der Waals surface area contributed by atoms with E-state index in [1.54, 1.807) is 41.6 Å². The Labute approximate surface area is 167 Å². The number of imidazole rings is 1. The maximum atomic E-state index is 12.9. The fraction of sp³-hybridized carbons (Fsp3) is 0.412. The molecule has 0 unspecified atom stereocenters. The van der Waals surface area contributed by atoms with Gasteiger partial charge in [-0.1, -0.05) is 0 Å². The number of carbonyl (C=O) groups is 1. The molecule has 28 heavy (non-hydrogen) atoms. The lowest BCUT2D eigenvalue weighted by molar-refractivity contribution is 0.0764. The van der Waals surface area contributed by atoms with Crippen molar-refractivity contribution >= 4 is 38.7 Å². The van der Waals surface area contributed by atoms with Crippen LogP contribution in [0, 0.1) is 6.92 Å². The second-order valence-corrected chi connectivity index (χ2v) is 9.17. The Bertz CT molecular complexity index is 1120. The van der Waals surface area contributed by atoms with Crippen molar-refractivity contribution in [3.05, 3.63) is 35.8 Å². The lowest BCUT2D eigenvalue weighted by Gasteiger charge is -2.21. The molecular formula is C17H20N6O3S2. The van der Waals surface area contributed by atoms with E-state index in [4.69, 9.17) is 0 Å². The molecule has 3 aromatic rings. The van der Waals surface area contributed by atoms with Crippen molar-refractivity contribution in [2.75, 3.05) is 26.2 Å². The zero-order chi connectivity index (χ0) is 19.9. The molecule has 2 aromatic heterocycles. The van der Waals surface area contributed by atoms with Gasteiger partial charge in [-0.3, -0.25) is 4.79 Å². The van der Waals surface area contributed by atoms with Gasteiger partial charge < -0.3 is 9.47 Å². The summed E-state index contributed by atoms with van der Waals surface area (Å²) in [5, 5.41) is 0.0498. The third kappa shape index (κ3) is 3.40. The van der Waals surface area contributed by atoms with E-state index < -0.39 is 10.0 Å². The monoisotopic (exact) mass is 420 g/mol. The van der Waals surface area contributed by atoms with Gasteiger partial charge in [0.15, 0.2) is 5.03 Å². The minimum atomic E-state index is -3.68. The van der Waals surface area contributed by atoms with Gasteiger partial charge in [-0.05, 0) is 31.5 Å². The minimum absolute atomic E-state index is 0.0498.